The van der Waals surface area contributed by atoms with Gasteiger partial charge in [0.1, 0.15) is 5.75 Å². The van der Waals surface area contributed by atoms with Crippen molar-refractivity contribution in [1.29, 1.82) is 0 Å². The Morgan fingerprint density at radius 1 is 0.786 bits per heavy atom. The molecule has 28 heavy (non-hydrogen) atoms. The highest BCUT2D eigenvalue weighted by Gasteiger charge is 2.12. The van der Waals surface area contributed by atoms with Gasteiger partial charge in [0, 0.05) is 18.8 Å². The van der Waals surface area contributed by atoms with E-state index in [2.05, 4.69) is 86.3 Å². The van der Waals surface area contributed by atoms with Crippen molar-refractivity contribution in [2.24, 2.45) is 0 Å². The molecule has 0 aliphatic carbocycles. The molecule has 0 atom stereocenters. The third-order valence-electron chi connectivity index (χ3n) is 4.92. The van der Waals surface area contributed by atoms with E-state index in [1.165, 1.54) is 42.5 Å². The van der Waals surface area contributed by atoms with Gasteiger partial charge in [-0.1, -0.05) is 70.4 Å². The normalized spacial score (nSPS) is 11.5. The molecule has 0 saturated heterocycles. The zero-order chi connectivity index (χ0) is 20.0. The quantitative estimate of drug-likeness (QED) is 0.268. The monoisotopic (exact) mass is 379 g/mol. The summed E-state index contributed by atoms with van der Waals surface area (Å²) in [4.78, 5) is 2.56. The van der Waals surface area contributed by atoms with Gasteiger partial charge in [-0.3, -0.25) is 0 Å². The fourth-order valence-corrected chi connectivity index (χ4v) is 3.17. The summed E-state index contributed by atoms with van der Waals surface area (Å²) in [6.07, 6.45) is 9.45. The van der Waals surface area contributed by atoms with E-state index < -0.39 is 0 Å². The van der Waals surface area contributed by atoms with Crippen molar-refractivity contribution in [1.82, 2.24) is 4.90 Å². The van der Waals surface area contributed by atoms with E-state index in [-0.39, 0.29) is 0 Å². The molecule has 0 unspecified atom stereocenters. The van der Waals surface area contributed by atoms with Gasteiger partial charge < -0.3 is 9.64 Å². The molecule has 0 spiro atoms. The Morgan fingerprint density at radius 3 is 1.96 bits per heavy atom. The number of benzene rings is 2. The molecule has 0 N–H and O–H groups in total. The Labute approximate surface area is 172 Å². The largest absolute Gasteiger partial charge is 0.494 e. The minimum absolute atomic E-state index is 0.793. The summed E-state index contributed by atoms with van der Waals surface area (Å²) >= 11 is 0. The second-order valence-electron chi connectivity index (χ2n) is 7.36. The third-order valence-corrected chi connectivity index (χ3v) is 4.92. The maximum Gasteiger partial charge on any atom is 0.119 e. The van der Waals surface area contributed by atoms with Crippen molar-refractivity contribution in [3.8, 4) is 5.75 Å². The highest BCUT2D eigenvalue weighted by atomic mass is 16.5. The fourth-order valence-electron chi connectivity index (χ4n) is 3.17. The first-order chi connectivity index (χ1) is 13.8. The Balaban J connectivity index is 2.29. The molecule has 0 amide bonds. The standard InChI is InChI=1S/C26H37NO/c1-4-7-19-27(20-8-5-2)26(22-23-13-11-10-12-14-23)24-15-17-25(18-16-24)28-21-9-6-3/h10-18,22H,4-9,19-21H2,1-3H3. The number of nitrogens with zero attached hydrogens (tertiary/aromatic N) is 1. The number of hydrogen-bond acceptors (Lipinski definition) is 2. The van der Waals surface area contributed by atoms with Crippen LogP contribution in [-0.4, -0.2) is 24.6 Å². The summed E-state index contributed by atoms with van der Waals surface area (Å²) in [5.41, 5.74) is 3.82. The lowest BCUT2D eigenvalue weighted by Crippen LogP contribution is -2.24. The van der Waals surface area contributed by atoms with Crippen LogP contribution in [0.4, 0.5) is 0 Å². The summed E-state index contributed by atoms with van der Waals surface area (Å²) in [7, 11) is 0. The molecule has 0 saturated carbocycles. The van der Waals surface area contributed by atoms with Crippen molar-refractivity contribution >= 4 is 11.8 Å². The third kappa shape index (κ3) is 7.42. The van der Waals surface area contributed by atoms with Crippen LogP contribution in [0.2, 0.25) is 0 Å². The smallest absolute Gasteiger partial charge is 0.119 e. The number of rotatable bonds is 13. The van der Waals surface area contributed by atoms with Gasteiger partial charge in [-0.05, 0) is 60.7 Å². The first kappa shape index (κ1) is 22.1. The van der Waals surface area contributed by atoms with E-state index in [0.29, 0.717) is 0 Å². The summed E-state index contributed by atoms with van der Waals surface area (Å²) in [6, 6.07) is 19.3. The topological polar surface area (TPSA) is 12.5 Å². The molecule has 152 valence electrons. The van der Waals surface area contributed by atoms with E-state index in [1.807, 2.05) is 0 Å². The summed E-state index contributed by atoms with van der Waals surface area (Å²) in [5.74, 6) is 0.963. The lowest BCUT2D eigenvalue weighted by molar-refractivity contribution is 0.309. The lowest BCUT2D eigenvalue weighted by Gasteiger charge is -2.28. The highest BCUT2D eigenvalue weighted by molar-refractivity contribution is 5.80. The predicted molar refractivity (Wildman–Crippen MR) is 123 cm³/mol. The molecule has 0 aromatic heterocycles. The van der Waals surface area contributed by atoms with Gasteiger partial charge in [-0.15, -0.1) is 0 Å². The van der Waals surface area contributed by atoms with Gasteiger partial charge >= 0.3 is 0 Å². The van der Waals surface area contributed by atoms with Crippen LogP contribution in [-0.2, 0) is 0 Å². The van der Waals surface area contributed by atoms with Crippen LogP contribution in [0, 0.1) is 0 Å². The minimum atomic E-state index is 0.793. The van der Waals surface area contributed by atoms with Gasteiger partial charge in [-0.2, -0.15) is 0 Å². The first-order valence-electron chi connectivity index (χ1n) is 11.0. The Bertz CT molecular complexity index is 667. The Kier molecular flexibility index (Phi) is 10.3. The Hall–Kier alpha value is -2.22. The van der Waals surface area contributed by atoms with E-state index in [1.54, 1.807) is 0 Å². The van der Waals surface area contributed by atoms with Crippen LogP contribution < -0.4 is 4.74 Å². The maximum atomic E-state index is 5.86. The first-order valence-corrected chi connectivity index (χ1v) is 11.0. The molecule has 0 fully saturated rings. The molecular formula is C26H37NO. The molecule has 0 bridgehead atoms. The van der Waals surface area contributed by atoms with Crippen molar-refractivity contribution in [3.63, 3.8) is 0 Å². The van der Waals surface area contributed by atoms with Gasteiger partial charge in [0.2, 0.25) is 0 Å². The van der Waals surface area contributed by atoms with Crippen LogP contribution in [0.1, 0.15) is 70.4 Å². The summed E-state index contributed by atoms with van der Waals surface area (Å²) < 4.78 is 5.86. The predicted octanol–water partition coefficient (Wildman–Crippen LogP) is 7.27. The molecule has 2 heteroatoms. The van der Waals surface area contributed by atoms with Crippen molar-refractivity contribution < 1.29 is 4.74 Å². The van der Waals surface area contributed by atoms with Crippen LogP contribution >= 0.6 is 0 Å². The van der Waals surface area contributed by atoms with Crippen molar-refractivity contribution in [2.45, 2.75) is 59.3 Å². The van der Waals surface area contributed by atoms with Crippen LogP contribution in [0.15, 0.2) is 54.6 Å². The van der Waals surface area contributed by atoms with Gasteiger partial charge in [0.15, 0.2) is 0 Å². The van der Waals surface area contributed by atoms with E-state index in [9.17, 15) is 0 Å². The molecule has 0 radical (unpaired) electrons. The zero-order valence-corrected chi connectivity index (χ0v) is 18.0. The van der Waals surface area contributed by atoms with Crippen LogP contribution in [0.25, 0.3) is 11.8 Å². The summed E-state index contributed by atoms with van der Waals surface area (Å²) in [5, 5.41) is 0. The Morgan fingerprint density at radius 2 is 1.39 bits per heavy atom. The number of unbranched alkanes of at least 4 members (excludes halogenated alkanes) is 3. The van der Waals surface area contributed by atoms with Crippen LogP contribution in [0.5, 0.6) is 5.75 Å². The van der Waals surface area contributed by atoms with Gasteiger partial charge in [-0.25, -0.2) is 0 Å². The maximum absolute atomic E-state index is 5.86. The molecular weight excluding hydrogens is 342 g/mol. The minimum Gasteiger partial charge on any atom is -0.494 e. The molecule has 0 heterocycles. The lowest BCUT2D eigenvalue weighted by atomic mass is 10.1. The summed E-state index contributed by atoms with van der Waals surface area (Å²) in [6.45, 7) is 9.71. The molecule has 2 rings (SSSR count). The molecule has 0 aliphatic heterocycles. The molecule has 2 aromatic carbocycles. The fraction of sp³-hybridized carbons (Fsp3) is 0.462. The van der Waals surface area contributed by atoms with Crippen molar-refractivity contribution in [3.05, 3.63) is 65.7 Å². The van der Waals surface area contributed by atoms with E-state index in [4.69, 9.17) is 4.74 Å². The average Bonchev–Trinajstić information content (AvgIpc) is 2.74. The van der Waals surface area contributed by atoms with Crippen LogP contribution in [0.3, 0.4) is 0 Å². The van der Waals surface area contributed by atoms with E-state index >= 15 is 0 Å². The van der Waals surface area contributed by atoms with Crippen molar-refractivity contribution in [2.75, 3.05) is 19.7 Å². The van der Waals surface area contributed by atoms with E-state index in [0.717, 1.165) is 38.3 Å². The second kappa shape index (κ2) is 13.0. The molecule has 0 aliphatic rings. The second-order valence-corrected chi connectivity index (χ2v) is 7.36. The van der Waals surface area contributed by atoms with Gasteiger partial charge in [0.05, 0.1) is 6.61 Å². The van der Waals surface area contributed by atoms with Gasteiger partial charge in [0.25, 0.3) is 0 Å². The molecule has 2 nitrogen and oxygen atoms in total. The highest BCUT2D eigenvalue weighted by Crippen LogP contribution is 2.26. The SMILES string of the molecule is CCCCOc1ccc(C(=Cc2ccccc2)N(CCCC)CCCC)cc1. The molecule has 2 aromatic rings. The number of hydrogen-bond donors (Lipinski definition) is 0. The zero-order valence-electron chi connectivity index (χ0n) is 18.0. The number of ether oxygens (including phenoxy) is 1. The average molecular weight is 380 g/mol.